The molecule has 178 valence electrons. The van der Waals surface area contributed by atoms with Crippen LogP contribution in [0.15, 0.2) is 30.3 Å². The number of rotatable bonds is 6. The van der Waals surface area contributed by atoms with E-state index >= 15 is 0 Å². The third kappa shape index (κ3) is 7.48. The summed E-state index contributed by atoms with van der Waals surface area (Å²) in [7, 11) is 0. The van der Waals surface area contributed by atoms with Crippen LogP contribution in [-0.4, -0.2) is 66.9 Å². The van der Waals surface area contributed by atoms with Crippen LogP contribution in [0.4, 0.5) is 13.2 Å². The number of piperidine rings is 1. The van der Waals surface area contributed by atoms with Gasteiger partial charge < -0.3 is 20.1 Å². The fourth-order valence-corrected chi connectivity index (χ4v) is 4.34. The van der Waals surface area contributed by atoms with Gasteiger partial charge in [-0.25, -0.2) is 4.79 Å². The molecule has 2 N–H and O–H groups in total. The molecule has 1 aromatic carbocycles. The molecule has 0 unspecified atom stereocenters. The zero-order valence-corrected chi connectivity index (χ0v) is 18.0. The van der Waals surface area contributed by atoms with Gasteiger partial charge in [0.2, 0.25) is 5.91 Å². The first kappa shape index (κ1) is 24.5. The summed E-state index contributed by atoms with van der Waals surface area (Å²) in [5, 5.41) is 10.3. The Morgan fingerprint density at radius 2 is 1.81 bits per heavy atom. The number of carboxylic acid groups (broad SMARTS) is 1. The predicted octanol–water partition coefficient (Wildman–Crippen LogP) is 3.12. The van der Waals surface area contributed by atoms with Crippen molar-refractivity contribution in [1.29, 1.82) is 0 Å². The Balaban J connectivity index is 0.000000360. The summed E-state index contributed by atoms with van der Waals surface area (Å²) in [6.07, 6.45) is 0.785. The Labute approximate surface area is 186 Å². The Bertz CT molecular complexity index is 755. The number of hydrogen-bond donors (Lipinski definition) is 2. The lowest BCUT2D eigenvalue weighted by molar-refractivity contribution is -0.192. The van der Waals surface area contributed by atoms with E-state index in [2.05, 4.69) is 40.5 Å². The highest BCUT2D eigenvalue weighted by atomic mass is 19.4. The molecule has 1 aliphatic carbocycles. The maximum Gasteiger partial charge on any atom is 0.490 e. The Kier molecular flexibility index (Phi) is 8.53. The number of carboxylic acids is 1. The molecule has 32 heavy (non-hydrogen) atoms. The Morgan fingerprint density at radius 1 is 1.12 bits per heavy atom. The van der Waals surface area contributed by atoms with Crippen molar-refractivity contribution in [3.63, 3.8) is 0 Å². The zero-order valence-electron chi connectivity index (χ0n) is 18.0. The van der Waals surface area contributed by atoms with Crippen LogP contribution in [0.2, 0.25) is 0 Å². The van der Waals surface area contributed by atoms with Gasteiger partial charge in [-0.1, -0.05) is 30.3 Å². The number of benzene rings is 1. The van der Waals surface area contributed by atoms with E-state index in [1.165, 1.54) is 18.4 Å². The fraction of sp³-hybridized carbons (Fsp3) is 0.652. The van der Waals surface area contributed by atoms with Gasteiger partial charge in [-0.05, 0) is 43.6 Å². The van der Waals surface area contributed by atoms with Gasteiger partial charge in [-0.15, -0.1) is 0 Å². The third-order valence-corrected chi connectivity index (χ3v) is 6.35. The van der Waals surface area contributed by atoms with Crippen LogP contribution in [0.3, 0.4) is 0 Å². The zero-order chi connectivity index (χ0) is 23.1. The van der Waals surface area contributed by atoms with Crippen LogP contribution in [0.5, 0.6) is 0 Å². The van der Waals surface area contributed by atoms with Crippen molar-refractivity contribution in [2.75, 3.05) is 32.8 Å². The average Bonchev–Trinajstić information content (AvgIpc) is 3.60. The summed E-state index contributed by atoms with van der Waals surface area (Å²) >= 11 is 0. The first-order chi connectivity index (χ1) is 15.2. The minimum Gasteiger partial charge on any atom is -0.475 e. The van der Waals surface area contributed by atoms with E-state index in [0.29, 0.717) is 5.92 Å². The van der Waals surface area contributed by atoms with E-state index in [1.807, 2.05) is 0 Å². The summed E-state index contributed by atoms with van der Waals surface area (Å²) < 4.78 is 37.7. The maximum atomic E-state index is 12.7. The van der Waals surface area contributed by atoms with E-state index < -0.39 is 12.1 Å². The molecule has 1 saturated carbocycles. The predicted molar refractivity (Wildman–Crippen MR) is 112 cm³/mol. The van der Waals surface area contributed by atoms with E-state index in [0.717, 1.165) is 58.0 Å². The molecule has 0 aromatic heterocycles. The highest BCUT2D eigenvalue weighted by Gasteiger charge is 2.41. The first-order valence-corrected chi connectivity index (χ1v) is 11.2. The van der Waals surface area contributed by atoms with Crippen molar-refractivity contribution in [2.24, 2.45) is 17.8 Å². The van der Waals surface area contributed by atoms with Crippen molar-refractivity contribution >= 4 is 11.9 Å². The van der Waals surface area contributed by atoms with Crippen LogP contribution in [-0.2, 0) is 20.7 Å². The lowest BCUT2D eigenvalue weighted by Crippen LogP contribution is -2.53. The van der Waals surface area contributed by atoms with Crippen LogP contribution >= 0.6 is 0 Å². The molecule has 1 amide bonds. The summed E-state index contributed by atoms with van der Waals surface area (Å²) in [6.45, 7) is 4.78. The van der Waals surface area contributed by atoms with Crippen LogP contribution in [0.1, 0.15) is 31.2 Å². The number of alkyl halides is 3. The first-order valence-electron chi connectivity index (χ1n) is 11.2. The molecule has 3 atom stereocenters. The summed E-state index contributed by atoms with van der Waals surface area (Å²) in [4.78, 5) is 24.1. The second-order valence-corrected chi connectivity index (χ2v) is 8.78. The molecule has 1 aromatic rings. The smallest absolute Gasteiger partial charge is 0.475 e. The quantitative estimate of drug-likeness (QED) is 0.688. The van der Waals surface area contributed by atoms with Gasteiger partial charge in [0.05, 0.1) is 6.10 Å². The molecule has 2 saturated heterocycles. The number of halogens is 3. The maximum absolute atomic E-state index is 12.7. The lowest BCUT2D eigenvalue weighted by atomic mass is 9.79. The van der Waals surface area contributed by atoms with Gasteiger partial charge in [-0.3, -0.25) is 4.79 Å². The monoisotopic (exact) mass is 456 g/mol. The summed E-state index contributed by atoms with van der Waals surface area (Å²) in [5.41, 5.74) is 1.39. The van der Waals surface area contributed by atoms with Crippen LogP contribution in [0.25, 0.3) is 0 Å². The SMILES string of the molecule is O=C(NCC1CC1)[C@@H]1CCO[C@@H]2CCN(CCc3ccccc3)C[C@H]21.O=C(O)C(F)(F)F. The molecule has 9 heteroatoms. The second kappa shape index (κ2) is 11.1. The number of fused-ring (bicyclic) bond motifs is 1. The largest absolute Gasteiger partial charge is 0.490 e. The van der Waals surface area contributed by atoms with Gasteiger partial charge in [0.15, 0.2) is 0 Å². The van der Waals surface area contributed by atoms with E-state index in [1.54, 1.807) is 0 Å². The minimum absolute atomic E-state index is 0.136. The van der Waals surface area contributed by atoms with Crippen LogP contribution < -0.4 is 5.32 Å². The normalized spacial score (nSPS) is 25.8. The Morgan fingerprint density at radius 3 is 2.44 bits per heavy atom. The molecular formula is C23H31F3N2O4. The van der Waals surface area contributed by atoms with E-state index in [9.17, 15) is 18.0 Å². The lowest BCUT2D eigenvalue weighted by Gasteiger charge is -2.44. The highest BCUT2D eigenvalue weighted by Crippen LogP contribution is 2.34. The molecule has 3 fully saturated rings. The number of nitrogens with zero attached hydrogens (tertiary/aromatic N) is 1. The molecule has 2 aliphatic heterocycles. The number of nitrogens with one attached hydrogen (secondary N) is 1. The molecule has 0 bridgehead atoms. The molecule has 0 spiro atoms. The number of aliphatic carboxylic acids is 1. The van der Waals surface area contributed by atoms with Crippen molar-refractivity contribution in [3.05, 3.63) is 35.9 Å². The molecule has 2 heterocycles. The van der Waals surface area contributed by atoms with E-state index in [4.69, 9.17) is 14.6 Å². The van der Waals surface area contributed by atoms with Crippen molar-refractivity contribution in [3.8, 4) is 0 Å². The molecule has 6 nitrogen and oxygen atoms in total. The number of likely N-dealkylation sites (tertiary alicyclic amines) is 1. The number of carbonyl (C=O) groups is 2. The minimum atomic E-state index is -5.08. The number of hydrogen-bond acceptors (Lipinski definition) is 4. The number of carbonyl (C=O) groups excluding carboxylic acids is 1. The van der Waals surface area contributed by atoms with Gasteiger partial charge in [-0.2, -0.15) is 13.2 Å². The topological polar surface area (TPSA) is 78.9 Å². The van der Waals surface area contributed by atoms with Crippen molar-refractivity contribution in [2.45, 2.75) is 44.4 Å². The standard InChI is InChI=1S/C21H30N2O2.C2HF3O2/c24-21(22-14-17-6-7-17)18-10-13-25-20-9-12-23(15-19(18)20)11-8-16-4-2-1-3-5-16;3-2(4,5)1(6)7/h1-5,17-20H,6-15H2,(H,22,24);(H,6,7)/t18-,19+,20-;/m1./s1. The van der Waals surface area contributed by atoms with Gasteiger partial charge >= 0.3 is 12.1 Å². The third-order valence-electron chi connectivity index (χ3n) is 6.35. The fourth-order valence-electron chi connectivity index (χ4n) is 4.34. The van der Waals surface area contributed by atoms with Gasteiger partial charge in [0.1, 0.15) is 0 Å². The summed E-state index contributed by atoms with van der Waals surface area (Å²) in [5.74, 6) is -1.24. The second-order valence-electron chi connectivity index (χ2n) is 8.78. The average molecular weight is 457 g/mol. The summed E-state index contributed by atoms with van der Waals surface area (Å²) in [6, 6.07) is 10.7. The highest BCUT2D eigenvalue weighted by molar-refractivity contribution is 5.79. The van der Waals surface area contributed by atoms with Gasteiger partial charge in [0, 0.05) is 44.6 Å². The number of ether oxygens (including phenoxy) is 1. The van der Waals surface area contributed by atoms with Crippen molar-refractivity contribution < 1.29 is 32.6 Å². The molecule has 3 aliphatic rings. The number of amides is 1. The van der Waals surface area contributed by atoms with E-state index in [-0.39, 0.29) is 17.9 Å². The Hall–Kier alpha value is -2.13. The van der Waals surface area contributed by atoms with Gasteiger partial charge in [0.25, 0.3) is 0 Å². The molecular weight excluding hydrogens is 425 g/mol. The van der Waals surface area contributed by atoms with Crippen molar-refractivity contribution in [1.82, 2.24) is 10.2 Å². The molecule has 4 rings (SSSR count). The van der Waals surface area contributed by atoms with Crippen LogP contribution in [0, 0.1) is 17.8 Å². The molecule has 0 radical (unpaired) electrons.